The third-order valence-electron chi connectivity index (χ3n) is 3.76. The highest BCUT2D eigenvalue weighted by Crippen LogP contribution is 2.18. The molecule has 2 aromatic rings. The first kappa shape index (κ1) is 16.4. The van der Waals surface area contributed by atoms with Crippen molar-refractivity contribution in [3.05, 3.63) is 57.3 Å². The maximum atomic E-state index is 12.1. The molecule has 0 aliphatic heterocycles. The highest BCUT2D eigenvalue weighted by molar-refractivity contribution is 7.10. The summed E-state index contributed by atoms with van der Waals surface area (Å²) in [5.74, 6) is -0.0693. The van der Waals surface area contributed by atoms with Gasteiger partial charge in [-0.3, -0.25) is 9.59 Å². The van der Waals surface area contributed by atoms with E-state index in [1.807, 2.05) is 56.5 Å². The van der Waals surface area contributed by atoms with Gasteiger partial charge in [-0.15, -0.1) is 11.3 Å². The van der Waals surface area contributed by atoms with E-state index in [4.69, 9.17) is 0 Å². The van der Waals surface area contributed by atoms with Crippen LogP contribution in [0.15, 0.2) is 35.7 Å². The van der Waals surface area contributed by atoms with Gasteiger partial charge in [-0.05, 0) is 49.4 Å². The van der Waals surface area contributed by atoms with Crippen LogP contribution in [0.4, 0.5) is 0 Å². The Morgan fingerprint density at radius 3 is 2.55 bits per heavy atom. The second-order valence-electron chi connectivity index (χ2n) is 5.53. The second-order valence-corrected chi connectivity index (χ2v) is 6.51. The molecule has 0 aliphatic carbocycles. The van der Waals surface area contributed by atoms with Gasteiger partial charge in [0.25, 0.3) is 0 Å². The lowest BCUT2D eigenvalue weighted by Crippen LogP contribution is -2.26. The number of carbonyl (C=O) groups excluding carboxylic acids is 2. The molecule has 0 spiro atoms. The topological polar surface area (TPSA) is 46.2 Å². The lowest BCUT2D eigenvalue weighted by Gasteiger charge is -2.12. The van der Waals surface area contributed by atoms with Crippen LogP contribution in [0.5, 0.6) is 0 Å². The molecule has 0 radical (unpaired) electrons. The molecule has 1 aromatic carbocycles. The summed E-state index contributed by atoms with van der Waals surface area (Å²) in [6, 6.07) is 9.62. The van der Waals surface area contributed by atoms with E-state index in [2.05, 4.69) is 5.32 Å². The summed E-state index contributed by atoms with van der Waals surface area (Å²) in [6.45, 7) is 5.96. The number of hydrogen-bond acceptors (Lipinski definition) is 3. The SMILES string of the molecule is Cc1ccc(C(=O)CCC(=O)NC(C)c2cccs2)cc1C. The van der Waals surface area contributed by atoms with Gasteiger partial charge < -0.3 is 5.32 Å². The fourth-order valence-corrected chi connectivity index (χ4v) is 2.94. The molecule has 0 saturated heterocycles. The first-order valence-corrected chi connectivity index (χ1v) is 8.28. The minimum Gasteiger partial charge on any atom is -0.349 e. The molecule has 116 valence electrons. The molecule has 1 heterocycles. The smallest absolute Gasteiger partial charge is 0.220 e. The Morgan fingerprint density at radius 2 is 1.91 bits per heavy atom. The summed E-state index contributed by atoms with van der Waals surface area (Å²) in [7, 11) is 0. The van der Waals surface area contributed by atoms with E-state index in [-0.39, 0.29) is 30.6 Å². The van der Waals surface area contributed by atoms with Gasteiger partial charge in [0.1, 0.15) is 0 Å². The van der Waals surface area contributed by atoms with Crippen LogP contribution >= 0.6 is 11.3 Å². The van der Waals surface area contributed by atoms with Crippen molar-refractivity contribution in [2.24, 2.45) is 0 Å². The molecule has 1 aromatic heterocycles. The maximum Gasteiger partial charge on any atom is 0.220 e. The zero-order valence-electron chi connectivity index (χ0n) is 13.2. The fourth-order valence-electron chi connectivity index (χ4n) is 2.21. The number of amides is 1. The Bertz CT molecular complexity index is 662. The normalized spacial score (nSPS) is 12.0. The molecule has 22 heavy (non-hydrogen) atoms. The minimum absolute atomic E-state index is 0.00998. The molecular weight excluding hydrogens is 294 g/mol. The number of Topliss-reactive ketones (excluding diaryl/α,β-unsaturated/α-hetero) is 1. The number of hydrogen-bond donors (Lipinski definition) is 1. The summed E-state index contributed by atoms with van der Waals surface area (Å²) in [5, 5.41) is 4.92. The number of rotatable bonds is 6. The Balaban J connectivity index is 1.85. The molecule has 1 N–H and O–H groups in total. The molecule has 0 aliphatic rings. The Hall–Kier alpha value is -1.94. The van der Waals surface area contributed by atoms with Crippen molar-refractivity contribution >= 4 is 23.0 Å². The zero-order chi connectivity index (χ0) is 16.1. The van der Waals surface area contributed by atoms with E-state index in [0.29, 0.717) is 5.56 Å². The molecule has 1 atom stereocenters. The van der Waals surface area contributed by atoms with Crippen LogP contribution in [-0.2, 0) is 4.79 Å². The molecule has 1 amide bonds. The number of aryl methyl sites for hydroxylation is 2. The first-order valence-electron chi connectivity index (χ1n) is 7.40. The number of thiophene rings is 1. The minimum atomic E-state index is -0.0851. The van der Waals surface area contributed by atoms with E-state index >= 15 is 0 Å². The van der Waals surface area contributed by atoms with Crippen molar-refractivity contribution in [3.63, 3.8) is 0 Å². The van der Waals surface area contributed by atoms with Crippen LogP contribution in [0.1, 0.15) is 52.2 Å². The highest BCUT2D eigenvalue weighted by atomic mass is 32.1. The number of benzene rings is 1. The molecule has 0 bridgehead atoms. The standard InChI is InChI=1S/C18H21NO2S/c1-12-6-7-15(11-13(12)2)16(20)8-9-18(21)19-14(3)17-5-4-10-22-17/h4-7,10-11,14H,8-9H2,1-3H3,(H,19,21). The summed E-state index contributed by atoms with van der Waals surface area (Å²) < 4.78 is 0. The summed E-state index contributed by atoms with van der Waals surface area (Å²) in [6.07, 6.45) is 0.465. The molecule has 2 rings (SSSR count). The highest BCUT2D eigenvalue weighted by Gasteiger charge is 2.13. The monoisotopic (exact) mass is 315 g/mol. The van der Waals surface area contributed by atoms with Gasteiger partial charge in [-0.25, -0.2) is 0 Å². The van der Waals surface area contributed by atoms with Gasteiger partial charge >= 0.3 is 0 Å². The Morgan fingerprint density at radius 1 is 1.14 bits per heavy atom. The second kappa shape index (κ2) is 7.36. The molecule has 4 heteroatoms. The predicted molar refractivity (Wildman–Crippen MR) is 90.4 cm³/mol. The predicted octanol–water partition coefficient (Wildman–Crippen LogP) is 4.21. The fraction of sp³-hybridized carbons (Fsp3) is 0.333. The average molecular weight is 315 g/mol. The first-order chi connectivity index (χ1) is 10.5. The van der Waals surface area contributed by atoms with E-state index in [0.717, 1.165) is 10.4 Å². The van der Waals surface area contributed by atoms with E-state index in [9.17, 15) is 9.59 Å². The van der Waals surface area contributed by atoms with Crippen molar-refractivity contribution in [1.29, 1.82) is 0 Å². The molecule has 3 nitrogen and oxygen atoms in total. The van der Waals surface area contributed by atoms with Gasteiger partial charge in [0.05, 0.1) is 6.04 Å². The molecule has 1 unspecified atom stereocenters. The van der Waals surface area contributed by atoms with Crippen LogP contribution in [0.25, 0.3) is 0 Å². The Kier molecular flexibility index (Phi) is 5.50. The van der Waals surface area contributed by atoms with Gasteiger partial charge in [0, 0.05) is 23.3 Å². The summed E-state index contributed by atoms with van der Waals surface area (Å²) in [4.78, 5) is 25.2. The average Bonchev–Trinajstić information content (AvgIpc) is 3.02. The summed E-state index contributed by atoms with van der Waals surface area (Å²) >= 11 is 1.62. The Labute approximate surface area is 135 Å². The van der Waals surface area contributed by atoms with Gasteiger partial charge in [-0.2, -0.15) is 0 Å². The van der Waals surface area contributed by atoms with E-state index < -0.39 is 0 Å². The molecule has 0 fully saturated rings. The van der Waals surface area contributed by atoms with Crippen molar-refractivity contribution in [1.82, 2.24) is 5.32 Å². The largest absolute Gasteiger partial charge is 0.349 e. The van der Waals surface area contributed by atoms with Gasteiger partial charge in [0.15, 0.2) is 5.78 Å². The van der Waals surface area contributed by atoms with Gasteiger partial charge in [-0.1, -0.05) is 18.2 Å². The van der Waals surface area contributed by atoms with Crippen molar-refractivity contribution < 1.29 is 9.59 Å². The molecular formula is C18H21NO2S. The summed E-state index contributed by atoms with van der Waals surface area (Å²) in [5.41, 5.74) is 2.95. The third kappa shape index (κ3) is 4.28. The lowest BCUT2D eigenvalue weighted by molar-refractivity contribution is -0.121. The number of carbonyl (C=O) groups is 2. The van der Waals surface area contributed by atoms with E-state index in [1.165, 1.54) is 5.56 Å². The van der Waals surface area contributed by atoms with Crippen LogP contribution in [-0.4, -0.2) is 11.7 Å². The van der Waals surface area contributed by atoms with Crippen LogP contribution in [0.3, 0.4) is 0 Å². The van der Waals surface area contributed by atoms with Crippen LogP contribution in [0.2, 0.25) is 0 Å². The molecule has 0 saturated carbocycles. The van der Waals surface area contributed by atoms with E-state index in [1.54, 1.807) is 11.3 Å². The quantitative estimate of drug-likeness (QED) is 0.812. The number of ketones is 1. The number of nitrogens with one attached hydrogen (secondary N) is 1. The van der Waals surface area contributed by atoms with Gasteiger partial charge in [0.2, 0.25) is 5.91 Å². The zero-order valence-corrected chi connectivity index (χ0v) is 14.0. The third-order valence-corrected chi connectivity index (χ3v) is 4.81. The maximum absolute atomic E-state index is 12.1. The van der Waals surface area contributed by atoms with Crippen LogP contribution in [0, 0.1) is 13.8 Å². The lowest BCUT2D eigenvalue weighted by atomic mass is 10.0. The van der Waals surface area contributed by atoms with Crippen molar-refractivity contribution in [3.8, 4) is 0 Å². The van der Waals surface area contributed by atoms with Crippen molar-refractivity contribution in [2.45, 2.75) is 39.7 Å². The van der Waals surface area contributed by atoms with Crippen LogP contribution < -0.4 is 5.32 Å². The van der Waals surface area contributed by atoms with Crippen molar-refractivity contribution in [2.75, 3.05) is 0 Å².